The van der Waals surface area contributed by atoms with Crippen molar-refractivity contribution < 1.29 is 19.4 Å². The maximum absolute atomic E-state index is 11.9. The molecule has 0 saturated heterocycles. The molecule has 0 radical (unpaired) electrons. The first-order valence-corrected chi connectivity index (χ1v) is 8.48. The number of carbonyl (C=O) groups is 2. The van der Waals surface area contributed by atoms with Gasteiger partial charge in [0.2, 0.25) is 5.78 Å². The first kappa shape index (κ1) is 24.5. The molecule has 1 aliphatic rings. The van der Waals surface area contributed by atoms with Gasteiger partial charge >= 0.3 is 5.97 Å². The van der Waals surface area contributed by atoms with Gasteiger partial charge in [0, 0.05) is 23.9 Å². The summed E-state index contributed by atoms with van der Waals surface area (Å²) in [5.41, 5.74) is 1.48. The summed E-state index contributed by atoms with van der Waals surface area (Å²) < 4.78 is 5.48. The number of aromatic amines is 1. The summed E-state index contributed by atoms with van der Waals surface area (Å²) in [6.45, 7) is 0. The number of aliphatic carboxylic acids is 1. The molecule has 1 aromatic heterocycles. The summed E-state index contributed by atoms with van der Waals surface area (Å²) in [5, 5.41) is 8.11. The summed E-state index contributed by atoms with van der Waals surface area (Å²) in [6, 6.07) is 11.0. The van der Waals surface area contributed by atoms with E-state index in [-0.39, 0.29) is 11.9 Å². The van der Waals surface area contributed by atoms with E-state index in [4.69, 9.17) is 16.3 Å². The van der Waals surface area contributed by atoms with Gasteiger partial charge in [-0.05, 0) is 83.5 Å². The first-order chi connectivity index (χ1) is 15.1. The van der Waals surface area contributed by atoms with Gasteiger partial charge in [-0.25, -0.2) is 4.79 Å². The Kier molecular flexibility index (Phi) is 10.5. The lowest BCUT2D eigenvalue weighted by Gasteiger charge is -1.95. The van der Waals surface area contributed by atoms with Crippen molar-refractivity contribution in [2.45, 2.75) is 0 Å². The standard InChI is InChI=1S/C13H9NO2.C13H2O2.H3N/c15-13-10-5-1-2-6-11(10)16-12(13)8-9-4-3-7-14-9;1-2-3-4-5-6-7-8-9-10-11-12-13(14)15;/h1-8,14H;1H,(H,14,15);1H3/b12-8-;;. The van der Waals surface area contributed by atoms with Crippen LogP contribution in [0.4, 0.5) is 0 Å². The number of fused-ring (bicyclic) bond motifs is 1. The third-order valence-corrected chi connectivity index (χ3v) is 3.23. The number of Topliss-reactive ketones (excluding diaryl/α,β-unsaturated/α-hetero) is 1. The molecule has 2 heterocycles. The van der Waals surface area contributed by atoms with Gasteiger partial charge in [-0.1, -0.05) is 12.1 Å². The van der Waals surface area contributed by atoms with Gasteiger partial charge in [-0.2, -0.15) is 0 Å². The van der Waals surface area contributed by atoms with Crippen LogP contribution in [0.15, 0.2) is 48.4 Å². The Morgan fingerprint density at radius 2 is 1.56 bits per heavy atom. The number of hydrogen-bond donors (Lipinski definition) is 3. The molecule has 3 rings (SSSR count). The zero-order valence-electron chi connectivity index (χ0n) is 16.6. The Labute approximate surface area is 185 Å². The van der Waals surface area contributed by atoms with Crippen LogP contribution in [0.3, 0.4) is 0 Å². The van der Waals surface area contributed by atoms with Gasteiger partial charge in [0.05, 0.1) is 5.56 Å². The highest BCUT2D eigenvalue weighted by molar-refractivity contribution is 6.14. The monoisotopic (exact) mass is 418 g/mol. The van der Waals surface area contributed by atoms with Gasteiger partial charge in [0.1, 0.15) is 5.75 Å². The minimum Gasteiger partial charge on any atom is -0.472 e. The van der Waals surface area contributed by atoms with Crippen molar-refractivity contribution in [3.05, 3.63) is 59.6 Å². The van der Waals surface area contributed by atoms with Crippen molar-refractivity contribution in [3.8, 4) is 77.3 Å². The predicted octanol–water partition coefficient (Wildman–Crippen LogP) is 2.51. The average Bonchev–Trinajstić information content (AvgIpc) is 3.38. The molecule has 5 N–H and O–H groups in total. The van der Waals surface area contributed by atoms with Crippen LogP contribution in [0, 0.1) is 71.5 Å². The number of benzene rings is 1. The highest BCUT2D eigenvalue weighted by atomic mass is 16.5. The minimum atomic E-state index is -1.23. The van der Waals surface area contributed by atoms with Gasteiger partial charge < -0.3 is 21.0 Å². The number of carbonyl (C=O) groups excluding carboxylic acids is 1. The maximum atomic E-state index is 11.9. The van der Waals surface area contributed by atoms with Crippen LogP contribution in [-0.2, 0) is 4.79 Å². The zero-order valence-corrected chi connectivity index (χ0v) is 16.6. The molecular weight excluding hydrogens is 404 g/mol. The Hall–Kier alpha value is -5.50. The van der Waals surface area contributed by atoms with Crippen LogP contribution < -0.4 is 10.9 Å². The summed E-state index contributed by atoms with van der Waals surface area (Å²) in [5.74, 6) is 24.3. The second-order valence-corrected chi connectivity index (χ2v) is 5.26. The molecule has 6 heteroatoms. The predicted molar refractivity (Wildman–Crippen MR) is 121 cm³/mol. The molecule has 0 spiro atoms. The lowest BCUT2D eigenvalue weighted by Crippen LogP contribution is -1.97. The summed E-state index contributed by atoms with van der Waals surface area (Å²) in [4.78, 5) is 24.8. The number of para-hydroxylation sites is 1. The molecule has 1 aromatic carbocycles. The number of hydrogen-bond acceptors (Lipinski definition) is 4. The van der Waals surface area contributed by atoms with Gasteiger partial charge in [-0.15, -0.1) is 6.42 Å². The average molecular weight is 418 g/mol. The van der Waals surface area contributed by atoms with Crippen molar-refractivity contribution in [2.75, 3.05) is 0 Å². The van der Waals surface area contributed by atoms with Crippen molar-refractivity contribution >= 4 is 17.8 Å². The molecule has 1 aliphatic heterocycles. The third-order valence-electron chi connectivity index (χ3n) is 3.23. The zero-order chi connectivity index (χ0) is 22.3. The second kappa shape index (κ2) is 13.6. The number of carboxylic acids is 1. The molecule has 0 aliphatic carbocycles. The van der Waals surface area contributed by atoms with E-state index in [1.165, 1.54) is 0 Å². The fraction of sp³-hybridized carbons (Fsp3) is 0. The molecule has 0 atom stereocenters. The van der Waals surface area contributed by atoms with Crippen LogP contribution in [0.2, 0.25) is 0 Å². The van der Waals surface area contributed by atoms with Crippen LogP contribution in [-0.4, -0.2) is 21.8 Å². The number of ketones is 1. The lowest BCUT2D eigenvalue weighted by molar-refractivity contribution is -0.130. The number of H-pyrrole nitrogens is 1. The van der Waals surface area contributed by atoms with E-state index in [2.05, 4.69) is 64.2 Å². The smallest absolute Gasteiger partial charge is 0.382 e. The third kappa shape index (κ3) is 8.25. The van der Waals surface area contributed by atoms with E-state index in [9.17, 15) is 9.59 Å². The Balaban J connectivity index is 0.000000312. The Morgan fingerprint density at radius 3 is 2.12 bits per heavy atom. The number of rotatable bonds is 1. The molecule has 32 heavy (non-hydrogen) atoms. The summed E-state index contributed by atoms with van der Waals surface area (Å²) in [6.07, 6.45) is 8.35. The van der Waals surface area contributed by atoms with Gasteiger partial charge in [0.15, 0.2) is 5.76 Å². The molecule has 6 nitrogen and oxygen atoms in total. The highest BCUT2D eigenvalue weighted by Gasteiger charge is 2.26. The normalized spacial score (nSPS) is 10.2. The number of allylic oxidation sites excluding steroid dienone is 1. The van der Waals surface area contributed by atoms with Crippen LogP contribution in [0.1, 0.15) is 16.1 Å². The van der Waals surface area contributed by atoms with Crippen molar-refractivity contribution in [1.29, 1.82) is 0 Å². The largest absolute Gasteiger partial charge is 0.472 e. The SMILES string of the molecule is C#CC#CC#CC#CC#CC#CC(=O)O.N.O=C1/C(=C/c2ccc[nH]2)Oc2ccccc21. The minimum absolute atomic E-state index is 0. The van der Waals surface area contributed by atoms with E-state index in [0.717, 1.165) is 5.69 Å². The lowest BCUT2D eigenvalue weighted by atomic mass is 10.1. The second-order valence-electron chi connectivity index (χ2n) is 5.26. The molecule has 152 valence electrons. The number of terminal acetylenes is 1. The molecule has 0 amide bonds. The fourth-order valence-electron chi connectivity index (χ4n) is 2.05. The Bertz CT molecular complexity index is 1380. The Morgan fingerprint density at radius 1 is 0.938 bits per heavy atom. The number of nitrogens with one attached hydrogen (secondary N) is 1. The van der Waals surface area contributed by atoms with E-state index in [0.29, 0.717) is 17.1 Å². The maximum Gasteiger partial charge on any atom is 0.382 e. The van der Waals surface area contributed by atoms with Crippen LogP contribution >= 0.6 is 0 Å². The number of aromatic nitrogens is 1. The summed E-state index contributed by atoms with van der Waals surface area (Å²) in [7, 11) is 0. The summed E-state index contributed by atoms with van der Waals surface area (Å²) >= 11 is 0. The van der Waals surface area contributed by atoms with Gasteiger partial charge in [-0.3, -0.25) is 4.79 Å². The van der Waals surface area contributed by atoms with Crippen LogP contribution in [0.5, 0.6) is 5.75 Å². The van der Waals surface area contributed by atoms with Crippen LogP contribution in [0.25, 0.3) is 6.08 Å². The highest BCUT2D eigenvalue weighted by Crippen LogP contribution is 2.30. The van der Waals surface area contributed by atoms with Crippen molar-refractivity contribution in [1.82, 2.24) is 11.1 Å². The topological polar surface area (TPSA) is 114 Å². The first-order valence-electron chi connectivity index (χ1n) is 8.48. The number of carboxylic acid groups (broad SMARTS) is 1. The van der Waals surface area contributed by atoms with Crippen molar-refractivity contribution in [2.24, 2.45) is 0 Å². The molecule has 0 saturated carbocycles. The molecule has 0 fully saturated rings. The van der Waals surface area contributed by atoms with E-state index in [1.54, 1.807) is 24.4 Å². The molecule has 0 unspecified atom stereocenters. The quantitative estimate of drug-likeness (QED) is 0.486. The van der Waals surface area contributed by atoms with Gasteiger partial charge in [0.25, 0.3) is 0 Å². The molecular formula is C26H14N2O4. The number of ether oxygens (including phenoxy) is 1. The van der Waals surface area contributed by atoms with Crippen molar-refractivity contribution in [3.63, 3.8) is 0 Å². The molecule has 2 aromatic rings. The van der Waals surface area contributed by atoms with E-state index < -0.39 is 5.97 Å². The molecule has 0 bridgehead atoms. The fourth-order valence-corrected chi connectivity index (χ4v) is 2.05. The van der Waals surface area contributed by atoms with E-state index >= 15 is 0 Å². The van der Waals surface area contributed by atoms with E-state index in [1.807, 2.05) is 30.2 Å².